The van der Waals surface area contributed by atoms with Gasteiger partial charge in [-0.3, -0.25) is 9.59 Å². The second-order valence-electron chi connectivity index (χ2n) is 8.75. The Hall–Kier alpha value is -1.93. The summed E-state index contributed by atoms with van der Waals surface area (Å²) in [5.74, 6) is -0.502. The van der Waals surface area contributed by atoms with Gasteiger partial charge in [-0.05, 0) is 57.9 Å². The minimum Gasteiger partial charge on any atom is -0.339 e. The van der Waals surface area contributed by atoms with Crippen LogP contribution < -0.4 is 10.0 Å². The summed E-state index contributed by atoms with van der Waals surface area (Å²) in [4.78, 5) is 26.8. The Labute approximate surface area is 166 Å². The Balaban J connectivity index is 1.61. The van der Waals surface area contributed by atoms with E-state index >= 15 is 0 Å². The highest BCUT2D eigenvalue weighted by Gasteiger charge is 2.38. The Morgan fingerprint density at radius 2 is 1.71 bits per heavy atom. The van der Waals surface area contributed by atoms with E-state index in [0.717, 1.165) is 25.7 Å². The summed E-state index contributed by atoms with van der Waals surface area (Å²) in [5.41, 5.74) is -0.0576. The smallest absolute Gasteiger partial charge is 0.241 e. The maximum absolute atomic E-state index is 12.6. The quantitative estimate of drug-likeness (QED) is 0.784. The van der Waals surface area contributed by atoms with Crippen molar-refractivity contribution in [2.24, 2.45) is 5.92 Å². The van der Waals surface area contributed by atoms with Crippen LogP contribution in [-0.4, -0.2) is 43.3 Å². The Morgan fingerprint density at radius 1 is 1.11 bits per heavy atom. The van der Waals surface area contributed by atoms with E-state index in [1.54, 1.807) is 32.9 Å². The number of nitrogens with one attached hydrogen (secondary N) is 2. The number of carbonyl (C=O) groups excluding carboxylic acids is 2. The van der Waals surface area contributed by atoms with Crippen molar-refractivity contribution in [3.8, 4) is 0 Å². The lowest BCUT2D eigenvalue weighted by Crippen LogP contribution is -2.40. The first-order chi connectivity index (χ1) is 13.0. The Morgan fingerprint density at radius 3 is 2.29 bits per heavy atom. The predicted molar refractivity (Wildman–Crippen MR) is 107 cm³/mol. The molecule has 1 heterocycles. The van der Waals surface area contributed by atoms with Crippen LogP contribution in [0.4, 0.5) is 5.69 Å². The molecule has 28 heavy (non-hydrogen) atoms. The molecule has 2 aliphatic rings. The van der Waals surface area contributed by atoms with Gasteiger partial charge in [-0.25, -0.2) is 13.1 Å². The van der Waals surface area contributed by atoms with E-state index in [4.69, 9.17) is 0 Å². The molecule has 1 aromatic carbocycles. The van der Waals surface area contributed by atoms with E-state index in [2.05, 4.69) is 10.0 Å². The largest absolute Gasteiger partial charge is 0.339 e. The highest BCUT2D eigenvalue weighted by molar-refractivity contribution is 7.89. The molecular weight excluding hydrogens is 378 g/mol. The third-order valence-electron chi connectivity index (χ3n) is 5.17. The summed E-state index contributed by atoms with van der Waals surface area (Å²) in [6.45, 7) is 5.79. The monoisotopic (exact) mass is 407 g/mol. The molecule has 1 aromatic rings. The number of amides is 2. The molecule has 8 heteroatoms. The third-order valence-corrected chi connectivity index (χ3v) is 6.94. The van der Waals surface area contributed by atoms with Crippen LogP contribution in [0.5, 0.6) is 0 Å². The summed E-state index contributed by atoms with van der Waals surface area (Å²) in [5, 5.41) is 2.81. The highest BCUT2D eigenvalue weighted by atomic mass is 32.2. The van der Waals surface area contributed by atoms with Crippen LogP contribution in [0.25, 0.3) is 0 Å². The fourth-order valence-electron chi connectivity index (χ4n) is 3.90. The normalized spacial score (nSPS) is 21.3. The molecule has 2 fully saturated rings. The van der Waals surface area contributed by atoms with Crippen LogP contribution in [0.3, 0.4) is 0 Å². The number of nitrogens with zero attached hydrogens (tertiary/aromatic N) is 1. The number of hydrogen-bond acceptors (Lipinski definition) is 4. The molecule has 2 N–H and O–H groups in total. The molecule has 0 bridgehead atoms. The van der Waals surface area contributed by atoms with E-state index in [9.17, 15) is 18.0 Å². The molecule has 1 atom stereocenters. The second kappa shape index (κ2) is 7.83. The molecule has 1 aliphatic carbocycles. The molecule has 0 aromatic heterocycles. The topological polar surface area (TPSA) is 95.6 Å². The number of sulfonamides is 1. The van der Waals surface area contributed by atoms with Crippen molar-refractivity contribution in [1.82, 2.24) is 9.62 Å². The average Bonchev–Trinajstić information content (AvgIpc) is 3.22. The average molecular weight is 408 g/mol. The predicted octanol–water partition coefficient (Wildman–Crippen LogP) is 2.49. The van der Waals surface area contributed by atoms with Crippen LogP contribution in [-0.2, 0) is 19.6 Å². The maximum Gasteiger partial charge on any atom is 0.241 e. The van der Waals surface area contributed by atoms with Crippen LogP contribution >= 0.6 is 0 Å². The van der Waals surface area contributed by atoms with E-state index in [-0.39, 0.29) is 35.1 Å². The zero-order valence-electron chi connectivity index (χ0n) is 16.7. The van der Waals surface area contributed by atoms with Crippen LogP contribution in [0, 0.1) is 5.92 Å². The summed E-state index contributed by atoms with van der Waals surface area (Å²) < 4.78 is 27.3. The lowest BCUT2D eigenvalue weighted by Gasteiger charge is -2.23. The molecule has 3 rings (SSSR count). The number of anilines is 1. The van der Waals surface area contributed by atoms with Crippen molar-refractivity contribution in [2.75, 3.05) is 11.9 Å². The minimum absolute atomic E-state index is 0.0572. The first-order valence-electron chi connectivity index (χ1n) is 9.79. The van der Waals surface area contributed by atoms with Gasteiger partial charge in [-0.15, -0.1) is 0 Å². The van der Waals surface area contributed by atoms with Gasteiger partial charge in [-0.2, -0.15) is 0 Å². The van der Waals surface area contributed by atoms with Gasteiger partial charge in [0.25, 0.3) is 0 Å². The van der Waals surface area contributed by atoms with Crippen LogP contribution in [0.2, 0.25) is 0 Å². The van der Waals surface area contributed by atoms with E-state index in [0.29, 0.717) is 12.2 Å². The van der Waals surface area contributed by atoms with Crippen LogP contribution in [0.15, 0.2) is 29.2 Å². The van der Waals surface area contributed by atoms with Gasteiger partial charge in [0.2, 0.25) is 21.8 Å². The number of likely N-dealkylation sites (tertiary alicyclic amines) is 1. The van der Waals surface area contributed by atoms with Crippen molar-refractivity contribution < 1.29 is 18.0 Å². The molecule has 0 spiro atoms. The molecule has 0 radical (unpaired) electrons. The summed E-state index contributed by atoms with van der Waals surface area (Å²) in [7, 11) is -3.62. The number of hydrogen-bond donors (Lipinski definition) is 2. The van der Waals surface area contributed by atoms with Gasteiger partial charge >= 0.3 is 0 Å². The molecule has 1 saturated heterocycles. The first-order valence-corrected chi connectivity index (χ1v) is 11.3. The molecular formula is C20H29N3O4S. The fraction of sp³-hybridized carbons (Fsp3) is 0.600. The lowest BCUT2D eigenvalue weighted by atomic mass is 10.1. The van der Waals surface area contributed by atoms with E-state index in [1.807, 2.05) is 4.90 Å². The Kier molecular flexibility index (Phi) is 5.82. The molecule has 2 amide bonds. The van der Waals surface area contributed by atoms with Gasteiger partial charge in [0, 0.05) is 30.2 Å². The Bertz CT molecular complexity index is 837. The van der Waals surface area contributed by atoms with E-state index in [1.165, 1.54) is 12.1 Å². The van der Waals surface area contributed by atoms with Crippen molar-refractivity contribution in [1.29, 1.82) is 0 Å². The summed E-state index contributed by atoms with van der Waals surface area (Å²) >= 11 is 0. The van der Waals surface area contributed by atoms with Gasteiger partial charge in [-0.1, -0.05) is 12.8 Å². The van der Waals surface area contributed by atoms with Crippen molar-refractivity contribution in [3.05, 3.63) is 24.3 Å². The van der Waals surface area contributed by atoms with Crippen molar-refractivity contribution in [2.45, 2.75) is 69.4 Å². The SMILES string of the molecule is CC(C)(C)NS(=O)(=O)c1ccc(NC(=O)[C@H]2CC(=O)N(C3CCCC3)C2)cc1. The maximum atomic E-state index is 12.6. The fourth-order valence-corrected chi connectivity index (χ4v) is 5.32. The molecule has 154 valence electrons. The van der Waals surface area contributed by atoms with Gasteiger partial charge < -0.3 is 10.2 Å². The first kappa shape index (κ1) is 20.8. The van der Waals surface area contributed by atoms with E-state index < -0.39 is 15.6 Å². The zero-order valence-corrected chi connectivity index (χ0v) is 17.5. The second-order valence-corrected chi connectivity index (χ2v) is 10.4. The zero-order chi connectivity index (χ0) is 20.5. The lowest BCUT2D eigenvalue weighted by molar-refractivity contribution is -0.129. The van der Waals surface area contributed by atoms with Gasteiger partial charge in [0.1, 0.15) is 0 Å². The summed E-state index contributed by atoms with van der Waals surface area (Å²) in [6, 6.07) is 6.36. The van der Waals surface area contributed by atoms with Crippen molar-refractivity contribution >= 4 is 27.5 Å². The molecule has 1 aliphatic heterocycles. The summed E-state index contributed by atoms with van der Waals surface area (Å²) in [6.07, 6.45) is 4.58. The van der Waals surface area contributed by atoms with Crippen LogP contribution in [0.1, 0.15) is 52.9 Å². The molecule has 0 unspecified atom stereocenters. The van der Waals surface area contributed by atoms with Gasteiger partial charge in [0.15, 0.2) is 0 Å². The number of benzene rings is 1. The third kappa shape index (κ3) is 4.91. The number of rotatable bonds is 5. The molecule has 7 nitrogen and oxygen atoms in total. The minimum atomic E-state index is -3.62. The highest BCUT2D eigenvalue weighted by Crippen LogP contribution is 2.30. The van der Waals surface area contributed by atoms with Gasteiger partial charge in [0.05, 0.1) is 10.8 Å². The standard InChI is InChI=1S/C20H29N3O4S/c1-20(2,3)22-28(26,27)17-10-8-15(9-11-17)21-19(25)14-12-18(24)23(13-14)16-6-4-5-7-16/h8-11,14,16,22H,4-7,12-13H2,1-3H3,(H,21,25)/t14-/m0/s1. The number of carbonyl (C=O) groups is 2. The van der Waals surface area contributed by atoms with Crippen molar-refractivity contribution in [3.63, 3.8) is 0 Å². The molecule has 1 saturated carbocycles.